The van der Waals surface area contributed by atoms with E-state index in [1.54, 1.807) is 0 Å². The van der Waals surface area contributed by atoms with Crippen molar-refractivity contribution in [3.8, 4) is 0 Å². The highest BCUT2D eigenvalue weighted by atomic mass is 16.7. The molecule has 2 aliphatic heterocycles. The molecule has 2 heterocycles. The van der Waals surface area contributed by atoms with Gasteiger partial charge in [0.1, 0.15) is 24.4 Å². The van der Waals surface area contributed by atoms with Crippen LogP contribution in [-0.4, -0.2) is 58.7 Å². The number of fused-ring (bicyclic) bond motifs is 1. The second-order valence-electron chi connectivity index (χ2n) is 3.28. The SMILES string of the molecule is O=C1N[C@@H]2[C@H](O1)O[C@H](CO)[C@H](O)[C@H]2O. The molecule has 7 heteroatoms. The Morgan fingerprint density at radius 1 is 1.36 bits per heavy atom. The fourth-order valence-electron chi connectivity index (χ4n) is 1.61. The number of ether oxygens (including phenoxy) is 2. The summed E-state index contributed by atoms with van der Waals surface area (Å²) in [6.45, 7) is -0.445. The quantitative estimate of drug-likeness (QED) is 0.378. The maximum Gasteiger partial charge on any atom is 0.410 e. The second kappa shape index (κ2) is 3.35. The molecule has 4 N–H and O–H groups in total. The third kappa shape index (κ3) is 1.34. The van der Waals surface area contributed by atoms with Crippen LogP contribution in [0.1, 0.15) is 0 Å². The van der Waals surface area contributed by atoms with Crippen LogP contribution in [-0.2, 0) is 9.47 Å². The number of carbonyl (C=O) groups is 1. The summed E-state index contributed by atoms with van der Waals surface area (Å²) in [7, 11) is 0. The van der Waals surface area contributed by atoms with Gasteiger partial charge in [0.25, 0.3) is 0 Å². The number of aliphatic hydroxyl groups excluding tert-OH is 3. The van der Waals surface area contributed by atoms with Gasteiger partial charge in [0.05, 0.1) is 6.61 Å². The largest absolute Gasteiger partial charge is 0.417 e. The molecule has 7 nitrogen and oxygen atoms in total. The van der Waals surface area contributed by atoms with E-state index >= 15 is 0 Å². The summed E-state index contributed by atoms with van der Waals surface area (Å²) in [5.41, 5.74) is 0. The van der Waals surface area contributed by atoms with Gasteiger partial charge in [-0.1, -0.05) is 0 Å². The van der Waals surface area contributed by atoms with Gasteiger partial charge in [-0.15, -0.1) is 0 Å². The van der Waals surface area contributed by atoms with E-state index < -0.39 is 43.3 Å². The first-order valence-corrected chi connectivity index (χ1v) is 4.23. The number of hydrogen-bond donors (Lipinski definition) is 4. The van der Waals surface area contributed by atoms with Crippen molar-refractivity contribution in [1.29, 1.82) is 0 Å². The average Bonchev–Trinajstić information content (AvgIpc) is 2.52. The van der Waals surface area contributed by atoms with Crippen LogP contribution in [0.4, 0.5) is 4.79 Å². The van der Waals surface area contributed by atoms with Crippen LogP contribution in [0.5, 0.6) is 0 Å². The lowest BCUT2D eigenvalue weighted by molar-refractivity contribution is -0.234. The molecule has 80 valence electrons. The first-order chi connectivity index (χ1) is 6.63. The Kier molecular flexibility index (Phi) is 2.31. The minimum Gasteiger partial charge on any atom is -0.417 e. The standard InChI is InChI=1S/C7H11NO6/c9-1-2-4(10)5(11)3-6(13-2)14-7(12)8-3/h2-6,9-11H,1H2,(H,8,12)/t2-,3+,4+,5+,6+/m1/s1. The minimum absolute atomic E-state index is 0.445. The molecule has 0 radical (unpaired) electrons. The molecule has 0 aromatic heterocycles. The van der Waals surface area contributed by atoms with E-state index in [4.69, 9.17) is 9.84 Å². The highest BCUT2D eigenvalue weighted by Crippen LogP contribution is 2.25. The van der Waals surface area contributed by atoms with Crippen LogP contribution >= 0.6 is 0 Å². The third-order valence-electron chi connectivity index (χ3n) is 2.39. The number of alkyl carbamates (subject to hydrolysis) is 1. The Hall–Kier alpha value is -0.890. The fraction of sp³-hybridized carbons (Fsp3) is 0.857. The van der Waals surface area contributed by atoms with Crippen LogP contribution < -0.4 is 5.32 Å². The number of hydrogen-bond acceptors (Lipinski definition) is 6. The Morgan fingerprint density at radius 2 is 2.07 bits per heavy atom. The van der Waals surface area contributed by atoms with Gasteiger partial charge in [0, 0.05) is 0 Å². The number of amides is 1. The Bertz CT molecular complexity index is 246. The molecule has 0 aromatic carbocycles. The predicted octanol–water partition coefficient (Wildman–Crippen LogP) is -2.47. The van der Waals surface area contributed by atoms with Crippen LogP contribution in [0.3, 0.4) is 0 Å². The topological polar surface area (TPSA) is 108 Å². The molecule has 2 aliphatic rings. The third-order valence-corrected chi connectivity index (χ3v) is 2.39. The lowest BCUT2D eigenvalue weighted by Crippen LogP contribution is -2.60. The molecule has 0 saturated carbocycles. The monoisotopic (exact) mass is 205 g/mol. The highest BCUT2D eigenvalue weighted by Gasteiger charge is 2.50. The van der Waals surface area contributed by atoms with E-state index in [1.165, 1.54) is 0 Å². The second-order valence-corrected chi connectivity index (χ2v) is 3.28. The van der Waals surface area contributed by atoms with Gasteiger partial charge in [-0.3, -0.25) is 0 Å². The lowest BCUT2D eigenvalue weighted by atomic mass is 9.98. The lowest BCUT2D eigenvalue weighted by Gasteiger charge is -2.36. The van der Waals surface area contributed by atoms with E-state index in [0.29, 0.717) is 0 Å². The van der Waals surface area contributed by atoms with Crippen molar-refractivity contribution >= 4 is 6.09 Å². The summed E-state index contributed by atoms with van der Waals surface area (Å²) < 4.78 is 9.71. The summed E-state index contributed by atoms with van der Waals surface area (Å²) in [6.07, 6.45) is -5.01. The van der Waals surface area contributed by atoms with Crippen molar-refractivity contribution in [2.45, 2.75) is 30.6 Å². The molecule has 1 amide bonds. The van der Waals surface area contributed by atoms with Gasteiger partial charge < -0.3 is 30.1 Å². The number of nitrogens with one attached hydrogen (secondary N) is 1. The van der Waals surface area contributed by atoms with Crippen molar-refractivity contribution in [3.63, 3.8) is 0 Å². The Morgan fingerprint density at radius 3 is 2.71 bits per heavy atom. The first-order valence-electron chi connectivity index (χ1n) is 4.23. The van der Waals surface area contributed by atoms with Gasteiger partial charge in [-0.05, 0) is 0 Å². The normalized spacial score (nSPS) is 46.8. The molecule has 5 atom stereocenters. The van der Waals surface area contributed by atoms with Crippen LogP contribution in [0.15, 0.2) is 0 Å². The van der Waals surface area contributed by atoms with E-state index in [1.807, 2.05) is 0 Å². The smallest absolute Gasteiger partial charge is 0.410 e. The molecule has 0 aromatic rings. The summed E-state index contributed by atoms with van der Waals surface area (Å²) in [4.78, 5) is 10.8. The summed E-state index contributed by atoms with van der Waals surface area (Å²) in [5.74, 6) is 0. The molecular formula is C7H11NO6. The maximum absolute atomic E-state index is 10.8. The van der Waals surface area contributed by atoms with Crippen molar-refractivity contribution in [3.05, 3.63) is 0 Å². The number of aliphatic hydroxyl groups is 3. The molecule has 2 rings (SSSR count). The Labute approximate surface area is 79.2 Å². The van der Waals surface area contributed by atoms with Crippen LogP contribution in [0.25, 0.3) is 0 Å². The molecule has 2 saturated heterocycles. The van der Waals surface area contributed by atoms with Gasteiger partial charge in [0.2, 0.25) is 6.29 Å². The van der Waals surface area contributed by atoms with E-state index in [0.717, 1.165) is 0 Å². The van der Waals surface area contributed by atoms with E-state index in [-0.39, 0.29) is 0 Å². The molecule has 0 unspecified atom stereocenters. The molecule has 0 spiro atoms. The van der Waals surface area contributed by atoms with Gasteiger partial charge in [-0.25, -0.2) is 4.79 Å². The molecule has 14 heavy (non-hydrogen) atoms. The van der Waals surface area contributed by atoms with Crippen LogP contribution in [0.2, 0.25) is 0 Å². The van der Waals surface area contributed by atoms with Crippen molar-refractivity contribution in [2.75, 3.05) is 6.61 Å². The molecule has 0 aliphatic carbocycles. The van der Waals surface area contributed by atoms with Gasteiger partial charge >= 0.3 is 6.09 Å². The zero-order valence-electron chi connectivity index (χ0n) is 7.16. The van der Waals surface area contributed by atoms with E-state index in [9.17, 15) is 15.0 Å². The average molecular weight is 205 g/mol. The highest BCUT2D eigenvalue weighted by molar-refractivity contribution is 5.70. The molecule has 2 fully saturated rings. The van der Waals surface area contributed by atoms with Crippen LogP contribution in [0, 0.1) is 0 Å². The van der Waals surface area contributed by atoms with E-state index in [2.05, 4.69) is 10.1 Å². The first kappa shape index (κ1) is 9.66. The number of rotatable bonds is 1. The zero-order valence-corrected chi connectivity index (χ0v) is 7.16. The van der Waals surface area contributed by atoms with Gasteiger partial charge in [-0.2, -0.15) is 0 Å². The summed E-state index contributed by atoms with van der Waals surface area (Å²) in [6, 6.07) is -0.778. The maximum atomic E-state index is 10.8. The minimum atomic E-state index is -1.23. The van der Waals surface area contributed by atoms with Crippen molar-refractivity contribution in [1.82, 2.24) is 5.32 Å². The molecule has 0 bridgehead atoms. The number of carbonyl (C=O) groups excluding carboxylic acids is 1. The van der Waals surface area contributed by atoms with Crippen molar-refractivity contribution < 1.29 is 29.6 Å². The predicted molar refractivity (Wildman–Crippen MR) is 41.2 cm³/mol. The Balaban J connectivity index is 2.13. The van der Waals surface area contributed by atoms with Crippen molar-refractivity contribution in [2.24, 2.45) is 0 Å². The summed E-state index contributed by atoms with van der Waals surface area (Å²) >= 11 is 0. The fourth-order valence-corrected chi connectivity index (χ4v) is 1.61. The summed E-state index contributed by atoms with van der Waals surface area (Å²) in [5, 5.41) is 30.1. The zero-order chi connectivity index (χ0) is 10.3. The van der Waals surface area contributed by atoms with Gasteiger partial charge in [0.15, 0.2) is 0 Å². The molecular weight excluding hydrogens is 194 g/mol.